The molecule has 0 aliphatic heterocycles. The average molecular weight is 276 g/mol. The van der Waals surface area contributed by atoms with Gasteiger partial charge in [0.1, 0.15) is 0 Å². The second kappa shape index (κ2) is 5.48. The van der Waals surface area contributed by atoms with Crippen LogP contribution in [0.25, 0.3) is 25.7 Å². The summed E-state index contributed by atoms with van der Waals surface area (Å²) in [5, 5.41) is 2.68. The first kappa shape index (κ1) is 12.9. The van der Waals surface area contributed by atoms with Crippen molar-refractivity contribution in [1.29, 1.82) is 0 Å². The second-order valence-corrected chi connectivity index (χ2v) is 5.75. The van der Waals surface area contributed by atoms with Crippen LogP contribution in [-0.4, -0.2) is 0 Å². The van der Waals surface area contributed by atoms with Gasteiger partial charge in [0, 0.05) is 20.2 Å². The van der Waals surface area contributed by atoms with Gasteiger partial charge < -0.3 is 0 Å². The van der Waals surface area contributed by atoms with Gasteiger partial charge in [-0.2, -0.15) is 0 Å². The number of allylic oxidation sites excluding steroid dienone is 5. The highest BCUT2D eigenvalue weighted by Crippen LogP contribution is 2.35. The fraction of sp³-hybridized carbons (Fsp3) is 0.0526. The van der Waals surface area contributed by atoms with Crippen molar-refractivity contribution in [3.05, 3.63) is 78.9 Å². The van der Waals surface area contributed by atoms with E-state index in [2.05, 4.69) is 67.3 Å². The Morgan fingerprint density at radius 2 is 1.85 bits per heavy atom. The summed E-state index contributed by atoms with van der Waals surface area (Å²) in [7, 11) is 0. The van der Waals surface area contributed by atoms with E-state index in [0.717, 1.165) is 0 Å². The molecule has 0 saturated heterocycles. The van der Waals surface area contributed by atoms with E-state index < -0.39 is 0 Å². The van der Waals surface area contributed by atoms with Crippen LogP contribution in [0.4, 0.5) is 0 Å². The van der Waals surface area contributed by atoms with Gasteiger partial charge in [0.2, 0.25) is 0 Å². The van der Waals surface area contributed by atoms with Gasteiger partial charge in [-0.3, -0.25) is 0 Å². The molecular formula is C19H16S. The minimum atomic E-state index is 1.19. The summed E-state index contributed by atoms with van der Waals surface area (Å²) in [5.74, 6) is 0. The van der Waals surface area contributed by atoms with Gasteiger partial charge in [-0.1, -0.05) is 55.1 Å². The summed E-state index contributed by atoms with van der Waals surface area (Å²) >= 11 is 1.85. The van der Waals surface area contributed by atoms with E-state index in [1.54, 1.807) is 0 Å². The van der Waals surface area contributed by atoms with Gasteiger partial charge in [-0.25, -0.2) is 0 Å². The predicted octanol–water partition coefficient (Wildman–Crippen LogP) is 6.20. The minimum Gasteiger partial charge on any atom is -0.135 e. The summed E-state index contributed by atoms with van der Waals surface area (Å²) in [5.41, 5.74) is 2.43. The van der Waals surface area contributed by atoms with Crippen LogP contribution in [-0.2, 0) is 0 Å². The minimum absolute atomic E-state index is 1.19. The van der Waals surface area contributed by atoms with Crippen molar-refractivity contribution >= 4 is 37.1 Å². The third-order valence-electron chi connectivity index (χ3n) is 3.35. The summed E-state index contributed by atoms with van der Waals surface area (Å²) < 4.78 is 2.69. The largest absolute Gasteiger partial charge is 0.135 e. The lowest BCUT2D eigenvalue weighted by Crippen LogP contribution is -1.80. The molecule has 2 aromatic carbocycles. The van der Waals surface area contributed by atoms with Gasteiger partial charge in [-0.05, 0) is 36.3 Å². The van der Waals surface area contributed by atoms with E-state index in [0.29, 0.717) is 0 Å². The molecule has 1 aromatic heterocycles. The molecule has 0 spiro atoms. The predicted molar refractivity (Wildman–Crippen MR) is 92.3 cm³/mol. The van der Waals surface area contributed by atoms with Crippen LogP contribution in [0.5, 0.6) is 0 Å². The molecule has 0 amide bonds. The first-order valence-electron chi connectivity index (χ1n) is 6.70. The highest BCUT2D eigenvalue weighted by molar-refractivity contribution is 7.25. The van der Waals surface area contributed by atoms with Crippen molar-refractivity contribution in [3.63, 3.8) is 0 Å². The highest BCUT2D eigenvalue weighted by atomic mass is 32.1. The standard InChI is InChI=1S/C19H16S/c1-3-7-14(8-4-2)15-11-12-19-17(13-15)16-9-5-6-10-18(16)20-19/h3-13H,1H2,2H3/b8-4-,14-7+. The third kappa shape index (κ3) is 2.21. The van der Waals surface area contributed by atoms with E-state index in [9.17, 15) is 0 Å². The van der Waals surface area contributed by atoms with Gasteiger partial charge in [0.05, 0.1) is 0 Å². The number of hydrogen-bond acceptors (Lipinski definition) is 1. The molecule has 98 valence electrons. The van der Waals surface area contributed by atoms with Crippen LogP contribution in [0.1, 0.15) is 12.5 Å². The van der Waals surface area contributed by atoms with Crippen molar-refractivity contribution in [2.45, 2.75) is 6.92 Å². The van der Waals surface area contributed by atoms with E-state index in [1.165, 1.54) is 31.3 Å². The first-order chi connectivity index (χ1) is 9.83. The van der Waals surface area contributed by atoms with Crippen molar-refractivity contribution in [2.75, 3.05) is 0 Å². The van der Waals surface area contributed by atoms with Crippen LogP contribution in [0, 0.1) is 0 Å². The van der Waals surface area contributed by atoms with Crippen molar-refractivity contribution in [3.8, 4) is 0 Å². The van der Waals surface area contributed by atoms with E-state index in [4.69, 9.17) is 0 Å². The molecule has 20 heavy (non-hydrogen) atoms. The molecule has 3 aromatic rings. The molecular weight excluding hydrogens is 260 g/mol. The zero-order valence-electron chi connectivity index (χ0n) is 11.5. The van der Waals surface area contributed by atoms with Crippen LogP contribution < -0.4 is 0 Å². The Hall–Kier alpha value is -2.12. The molecule has 0 atom stereocenters. The van der Waals surface area contributed by atoms with Crippen LogP contribution in [0.2, 0.25) is 0 Å². The van der Waals surface area contributed by atoms with Gasteiger partial charge in [-0.15, -0.1) is 11.3 Å². The zero-order chi connectivity index (χ0) is 13.9. The van der Waals surface area contributed by atoms with Crippen LogP contribution in [0.3, 0.4) is 0 Å². The maximum atomic E-state index is 3.80. The van der Waals surface area contributed by atoms with Crippen molar-refractivity contribution < 1.29 is 0 Å². The maximum absolute atomic E-state index is 3.80. The zero-order valence-corrected chi connectivity index (χ0v) is 12.3. The molecule has 0 saturated carbocycles. The lowest BCUT2D eigenvalue weighted by atomic mass is 10.0. The Bertz CT molecular complexity index is 831. The van der Waals surface area contributed by atoms with E-state index in [1.807, 2.05) is 24.3 Å². The molecule has 0 unspecified atom stereocenters. The number of fused-ring (bicyclic) bond motifs is 3. The van der Waals surface area contributed by atoms with Gasteiger partial charge >= 0.3 is 0 Å². The number of thiophene rings is 1. The Labute approximate surface area is 123 Å². The maximum Gasteiger partial charge on any atom is 0.0355 e. The molecule has 0 aliphatic carbocycles. The molecule has 1 heteroatoms. The van der Waals surface area contributed by atoms with E-state index in [-0.39, 0.29) is 0 Å². The second-order valence-electron chi connectivity index (χ2n) is 4.67. The summed E-state index contributed by atoms with van der Waals surface area (Å²) in [6.45, 7) is 5.84. The fourth-order valence-electron chi connectivity index (χ4n) is 2.46. The Kier molecular flexibility index (Phi) is 3.53. The Balaban J connectivity index is 2.26. The van der Waals surface area contributed by atoms with Crippen molar-refractivity contribution in [2.24, 2.45) is 0 Å². The Morgan fingerprint density at radius 3 is 2.65 bits per heavy atom. The molecule has 0 aliphatic rings. The highest BCUT2D eigenvalue weighted by Gasteiger charge is 2.06. The lowest BCUT2D eigenvalue weighted by molar-refractivity contribution is 1.66. The summed E-state index contributed by atoms with van der Waals surface area (Å²) in [4.78, 5) is 0. The monoisotopic (exact) mass is 276 g/mol. The normalized spacial score (nSPS) is 12.6. The van der Waals surface area contributed by atoms with Gasteiger partial charge in [0.25, 0.3) is 0 Å². The molecule has 0 fully saturated rings. The average Bonchev–Trinajstić information content (AvgIpc) is 2.85. The smallest absolute Gasteiger partial charge is 0.0355 e. The first-order valence-corrected chi connectivity index (χ1v) is 7.52. The molecule has 0 bridgehead atoms. The Morgan fingerprint density at radius 1 is 1.05 bits per heavy atom. The topological polar surface area (TPSA) is 0 Å². The number of hydrogen-bond donors (Lipinski definition) is 0. The third-order valence-corrected chi connectivity index (χ3v) is 4.51. The van der Waals surface area contributed by atoms with Gasteiger partial charge in [0.15, 0.2) is 0 Å². The molecule has 0 N–H and O–H groups in total. The number of benzene rings is 2. The fourth-order valence-corrected chi connectivity index (χ4v) is 3.55. The van der Waals surface area contributed by atoms with Crippen LogP contribution >= 0.6 is 11.3 Å². The SMILES string of the molecule is C=C/C=C(\C=C/C)c1ccc2sc3ccccc3c2c1. The van der Waals surface area contributed by atoms with Crippen molar-refractivity contribution in [1.82, 2.24) is 0 Å². The summed E-state index contributed by atoms with van der Waals surface area (Å²) in [6.07, 6.45) is 8.07. The molecule has 0 nitrogen and oxygen atoms in total. The molecule has 3 rings (SSSR count). The van der Waals surface area contributed by atoms with E-state index >= 15 is 0 Å². The molecule has 0 radical (unpaired) electrons. The summed E-state index contributed by atoms with van der Waals surface area (Å²) in [6, 6.07) is 15.3. The number of rotatable bonds is 3. The lowest BCUT2D eigenvalue weighted by Gasteiger charge is -2.02. The molecule has 1 heterocycles. The quantitative estimate of drug-likeness (QED) is 0.499. The van der Waals surface area contributed by atoms with Crippen LogP contribution in [0.15, 0.2) is 73.3 Å².